The molecule has 2 rings (SSSR count). The number of methoxy groups -OCH3 is 2. The van der Waals surface area contributed by atoms with Crippen LogP contribution in [0.25, 0.3) is 0 Å². The van der Waals surface area contributed by atoms with E-state index >= 15 is 0 Å². The number of hydrogen-bond acceptors (Lipinski definition) is 3. The third-order valence-electron chi connectivity index (χ3n) is 2.80. The van der Waals surface area contributed by atoms with E-state index in [-0.39, 0.29) is 6.10 Å². The maximum atomic E-state index is 5.60. The fourth-order valence-electron chi connectivity index (χ4n) is 2.04. The maximum Gasteiger partial charge on any atom is 0.128 e. The molecule has 1 heterocycles. The molecule has 0 fully saturated rings. The van der Waals surface area contributed by atoms with Crippen molar-refractivity contribution in [3.8, 4) is 11.5 Å². The molecule has 3 nitrogen and oxygen atoms in total. The quantitative estimate of drug-likeness (QED) is 0.746. The summed E-state index contributed by atoms with van der Waals surface area (Å²) < 4.78 is 16.2. The van der Waals surface area contributed by atoms with Gasteiger partial charge in [0.05, 0.1) is 26.9 Å². The number of ether oxygens (including phenoxy) is 3. The van der Waals surface area contributed by atoms with Gasteiger partial charge in [-0.25, -0.2) is 0 Å². The van der Waals surface area contributed by atoms with E-state index in [4.69, 9.17) is 14.2 Å². The van der Waals surface area contributed by atoms with Gasteiger partial charge < -0.3 is 14.2 Å². The molecule has 0 saturated carbocycles. The lowest BCUT2D eigenvalue weighted by Crippen LogP contribution is -2.15. The highest BCUT2D eigenvalue weighted by Crippen LogP contribution is 2.37. The summed E-state index contributed by atoms with van der Waals surface area (Å²) in [6.07, 6.45) is 1.03. The van der Waals surface area contributed by atoms with Crippen LogP contribution in [0.2, 0.25) is 0 Å². The van der Waals surface area contributed by atoms with Crippen molar-refractivity contribution >= 4 is 0 Å². The van der Waals surface area contributed by atoms with Gasteiger partial charge in [0.15, 0.2) is 0 Å². The summed E-state index contributed by atoms with van der Waals surface area (Å²) >= 11 is 0. The molecule has 0 bridgehead atoms. The molecule has 15 heavy (non-hydrogen) atoms. The third kappa shape index (κ3) is 1.79. The van der Waals surface area contributed by atoms with Crippen molar-refractivity contribution in [2.24, 2.45) is 0 Å². The normalized spacial score (nSPS) is 19.5. The van der Waals surface area contributed by atoms with Crippen LogP contribution >= 0.6 is 0 Å². The highest BCUT2D eigenvalue weighted by Gasteiger charge is 2.22. The minimum Gasteiger partial charge on any atom is -0.497 e. The average molecular weight is 208 g/mol. The Balaban J connectivity index is 2.52. The van der Waals surface area contributed by atoms with Crippen molar-refractivity contribution in [2.75, 3.05) is 20.8 Å². The molecule has 0 N–H and O–H groups in total. The Labute approximate surface area is 90.0 Å². The lowest BCUT2D eigenvalue weighted by molar-refractivity contribution is 0.0534. The fraction of sp³-hybridized carbons (Fsp3) is 0.500. The van der Waals surface area contributed by atoms with Gasteiger partial charge in [-0.15, -0.1) is 0 Å². The van der Waals surface area contributed by atoms with Crippen LogP contribution in [0, 0.1) is 0 Å². The number of rotatable bonds is 2. The molecular weight excluding hydrogens is 192 g/mol. The number of fused-ring (bicyclic) bond motifs is 1. The minimum absolute atomic E-state index is 0.106. The molecule has 0 aromatic heterocycles. The monoisotopic (exact) mass is 208 g/mol. The van der Waals surface area contributed by atoms with Crippen molar-refractivity contribution < 1.29 is 14.2 Å². The summed E-state index contributed by atoms with van der Waals surface area (Å²) in [4.78, 5) is 0. The van der Waals surface area contributed by atoms with Gasteiger partial charge in [0.1, 0.15) is 11.5 Å². The van der Waals surface area contributed by atoms with E-state index in [1.54, 1.807) is 14.2 Å². The topological polar surface area (TPSA) is 27.7 Å². The SMILES string of the molecule is COc1cc2c(c(OC)c1)C(C)OCC2. The molecule has 1 unspecified atom stereocenters. The standard InChI is InChI=1S/C12H16O3/c1-8-12-9(4-5-15-8)6-10(13-2)7-11(12)14-3/h6-8H,4-5H2,1-3H3. The van der Waals surface area contributed by atoms with Gasteiger partial charge in [-0.3, -0.25) is 0 Å². The van der Waals surface area contributed by atoms with Crippen LogP contribution in [0.5, 0.6) is 11.5 Å². The second kappa shape index (κ2) is 4.11. The zero-order valence-corrected chi connectivity index (χ0v) is 9.37. The lowest BCUT2D eigenvalue weighted by atomic mass is 9.97. The molecule has 3 heteroatoms. The van der Waals surface area contributed by atoms with Crippen LogP contribution in [-0.2, 0) is 11.2 Å². The summed E-state index contributed by atoms with van der Waals surface area (Å²) in [7, 11) is 3.35. The Morgan fingerprint density at radius 2 is 2.07 bits per heavy atom. The summed E-state index contributed by atoms with van der Waals surface area (Å²) in [6, 6.07) is 3.97. The van der Waals surface area contributed by atoms with Gasteiger partial charge in [-0.2, -0.15) is 0 Å². The van der Waals surface area contributed by atoms with E-state index in [1.807, 2.05) is 13.0 Å². The summed E-state index contributed by atoms with van der Waals surface area (Å²) in [5.74, 6) is 1.70. The van der Waals surface area contributed by atoms with E-state index in [9.17, 15) is 0 Å². The van der Waals surface area contributed by atoms with E-state index in [0.717, 1.165) is 30.1 Å². The van der Waals surface area contributed by atoms with Gasteiger partial charge in [0.2, 0.25) is 0 Å². The predicted octanol–water partition coefficient (Wildman–Crippen LogP) is 2.34. The number of hydrogen-bond donors (Lipinski definition) is 0. The van der Waals surface area contributed by atoms with Crippen LogP contribution in [0.1, 0.15) is 24.2 Å². The van der Waals surface area contributed by atoms with Crippen LogP contribution in [0.4, 0.5) is 0 Å². The lowest BCUT2D eigenvalue weighted by Gasteiger charge is -2.25. The van der Waals surface area contributed by atoms with Crippen molar-refractivity contribution in [1.82, 2.24) is 0 Å². The molecule has 0 spiro atoms. The van der Waals surface area contributed by atoms with Gasteiger partial charge in [0, 0.05) is 11.6 Å². The average Bonchev–Trinajstić information content (AvgIpc) is 2.27. The summed E-state index contributed by atoms with van der Waals surface area (Å²) in [5, 5.41) is 0. The Hall–Kier alpha value is -1.22. The molecule has 0 radical (unpaired) electrons. The largest absolute Gasteiger partial charge is 0.497 e. The summed E-state index contributed by atoms with van der Waals surface area (Å²) in [5.41, 5.74) is 2.43. The van der Waals surface area contributed by atoms with Crippen molar-refractivity contribution in [1.29, 1.82) is 0 Å². The molecule has 1 aliphatic heterocycles. The first-order valence-corrected chi connectivity index (χ1v) is 5.12. The second-order valence-corrected chi connectivity index (χ2v) is 3.67. The van der Waals surface area contributed by atoms with Crippen LogP contribution < -0.4 is 9.47 Å². The van der Waals surface area contributed by atoms with Gasteiger partial charge >= 0.3 is 0 Å². The van der Waals surface area contributed by atoms with Crippen LogP contribution in [0.3, 0.4) is 0 Å². The van der Waals surface area contributed by atoms with Gasteiger partial charge in [-0.1, -0.05) is 0 Å². The first-order valence-electron chi connectivity index (χ1n) is 5.12. The number of benzene rings is 1. The van der Waals surface area contributed by atoms with Gasteiger partial charge in [0.25, 0.3) is 0 Å². The first kappa shape index (κ1) is 10.3. The highest BCUT2D eigenvalue weighted by molar-refractivity contribution is 5.48. The molecular formula is C12H16O3. The van der Waals surface area contributed by atoms with Crippen molar-refractivity contribution in [3.05, 3.63) is 23.3 Å². The van der Waals surface area contributed by atoms with Crippen LogP contribution in [0.15, 0.2) is 12.1 Å². The van der Waals surface area contributed by atoms with E-state index < -0.39 is 0 Å². The van der Waals surface area contributed by atoms with Gasteiger partial charge in [-0.05, 0) is 25.0 Å². The molecule has 1 aromatic rings. The first-order chi connectivity index (χ1) is 7.26. The zero-order valence-electron chi connectivity index (χ0n) is 9.37. The Kier molecular flexibility index (Phi) is 2.82. The smallest absolute Gasteiger partial charge is 0.128 e. The molecule has 0 aliphatic carbocycles. The zero-order chi connectivity index (χ0) is 10.8. The second-order valence-electron chi connectivity index (χ2n) is 3.67. The molecule has 0 amide bonds. The van der Waals surface area contributed by atoms with E-state index in [2.05, 4.69) is 6.07 Å². The Morgan fingerprint density at radius 1 is 1.27 bits per heavy atom. The molecule has 1 aliphatic rings. The molecule has 0 saturated heterocycles. The molecule has 82 valence electrons. The fourth-order valence-corrected chi connectivity index (χ4v) is 2.04. The van der Waals surface area contributed by atoms with E-state index in [1.165, 1.54) is 5.56 Å². The predicted molar refractivity (Wildman–Crippen MR) is 57.6 cm³/mol. The van der Waals surface area contributed by atoms with E-state index in [0.29, 0.717) is 0 Å². The summed E-state index contributed by atoms with van der Waals surface area (Å²) in [6.45, 7) is 2.82. The molecule has 1 atom stereocenters. The molecule has 1 aromatic carbocycles. The van der Waals surface area contributed by atoms with Crippen molar-refractivity contribution in [2.45, 2.75) is 19.4 Å². The van der Waals surface area contributed by atoms with Crippen LogP contribution in [-0.4, -0.2) is 20.8 Å². The highest BCUT2D eigenvalue weighted by atomic mass is 16.5. The van der Waals surface area contributed by atoms with Crippen molar-refractivity contribution in [3.63, 3.8) is 0 Å². The Bertz CT molecular complexity index is 343. The Morgan fingerprint density at radius 3 is 2.73 bits per heavy atom. The minimum atomic E-state index is 0.106. The third-order valence-corrected chi connectivity index (χ3v) is 2.80. The maximum absolute atomic E-state index is 5.60.